The summed E-state index contributed by atoms with van der Waals surface area (Å²) in [6, 6.07) is 10.4. The highest BCUT2D eigenvalue weighted by Gasteiger charge is 2.28. The van der Waals surface area contributed by atoms with Gasteiger partial charge < -0.3 is 9.47 Å². The zero-order valence-corrected chi connectivity index (χ0v) is 10.1. The number of methoxy groups -OCH3 is 1. The van der Waals surface area contributed by atoms with E-state index in [-0.39, 0.29) is 12.0 Å². The molecule has 0 aromatic heterocycles. The molecule has 90 valence electrons. The Hall–Kier alpha value is -1.37. The van der Waals surface area contributed by atoms with Crippen LogP contribution in [0.3, 0.4) is 0 Å². The molecule has 1 aliphatic rings. The number of benzene rings is 1. The zero-order chi connectivity index (χ0) is 12.1. The molecule has 0 spiro atoms. The number of nitriles is 1. The van der Waals surface area contributed by atoms with Crippen LogP contribution in [-0.2, 0) is 16.1 Å². The Morgan fingerprint density at radius 1 is 1.47 bits per heavy atom. The van der Waals surface area contributed by atoms with Gasteiger partial charge in [0.25, 0.3) is 0 Å². The molecule has 17 heavy (non-hydrogen) atoms. The van der Waals surface area contributed by atoms with E-state index in [1.807, 2.05) is 24.3 Å². The molecule has 0 N–H and O–H groups in total. The fourth-order valence-corrected chi connectivity index (χ4v) is 2.32. The van der Waals surface area contributed by atoms with E-state index in [1.54, 1.807) is 7.11 Å². The predicted octanol–water partition coefficient (Wildman–Crippen LogP) is 2.82. The Labute approximate surface area is 102 Å². The molecule has 0 bridgehead atoms. The van der Waals surface area contributed by atoms with Gasteiger partial charge in [-0.2, -0.15) is 5.26 Å². The van der Waals surface area contributed by atoms with Crippen molar-refractivity contribution in [3.8, 4) is 6.07 Å². The summed E-state index contributed by atoms with van der Waals surface area (Å²) >= 11 is 0. The predicted molar refractivity (Wildman–Crippen MR) is 64.2 cm³/mol. The second kappa shape index (κ2) is 5.81. The summed E-state index contributed by atoms with van der Waals surface area (Å²) in [5.74, 6) is -0.0400. The summed E-state index contributed by atoms with van der Waals surface area (Å²) in [5, 5.41) is 9.18. The molecule has 3 nitrogen and oxygen atoms in total. The minimum absolute atomic E-state index is 0.0400. The molecule has 1 aromatic carbocycles. The molecule has 0 saturated carbocycles. The number of hydrogen-bond donors (Lipinski definition) is 0. The molecule has 1 aliphatic heterocycles. The minimum atomic E-state index is -0.0971. The van der Waals surface area contributed by atoms with Gasteiger partial charge in [-0.05, 0) is 24.0 Å². The lowest BCUT2D eigenvalue weighted by Gasteiger charge is -2.29. The van der Waals surface area contributed by atoms with E-state index >= 15 is 0 Å². The molecular formula is C14H17NO2. The van der Waals surface area contributed by atoms with Gasteiger partial charge >= 0.3 is 0 Å². The third-order valence-corrected chi connectivity index (χ3v) is 3.15. The first-order valence-corrected chi connectivity index (χ1v) is 5.94. The van der Waals surface area contributed by atoms with Crippen LogP contribution in [0, 0.1) is 17.2 Å². The third-order valence-electron chi connectivity index (χ3n) is 3.15. The van der Waals surface area contributed by atoms with Gasteiger partial charge in [-0.15, -0.1) is 0 Å². The summed E-state index contributed by atoms with van der Waals surface area (Å²) in [7, 11) is 1.68. The minimum Gasteiger partial charge on any atom is -0.380 e. The van der Waals surface area contributed by atoms with Crippen LogP contribution in [0.4, 0.5) is 0 Å². The van der Waals surface area contributed by atoms with Gasteiger partial charge in [-0.1, -0.05) is 24.3 Å². The van der Waals surface area contributed by atoms with Crippen LogP contribution in [-0.4, -0.2) is 13.7 Å². The van der Waals surface area contributed by atoms with E-state index < -0.39 is 0 Å². The molecule has 1 fully saturated rings. The number of hydrogen-bond acceptors (Lipinski definition) is 3. The van der Waals surface area contributed by atoms with Crippen LogP contribution in [0.25, 0.3) is 0 Å². The molecule has 2 unspecified atom stereocenters. The molecule has 0 radical (unpaired) electrons. The first kappa shape index (κ1) is 12.1. The largest absolute Gasteiger partial charge is 0.380 e. The van der Waals surface area contributed by atoms with Crippen molar-refractivity contribution in [3.05, 3.63) is 35.4 Å². The van der Waals surface area contributed by atoms with Crippen molar-refractivity contribution in [1.82, 2.24) is 0 Å². The van der Waals surface area contributed by atoms with Gasteiger partial charge in [0.2, 0.25) is 0 Å². The Morgan fingerprint density at radius 3 is 3.06 bits per heavy atom. The molecule has 1 aromatic rings. The number of rotatable bonds is 3. The molecule has 1 heterocycles. The maximum Gasteiger partial charge on any atom is 0.0986 e. The van der Waals surface area contributed by atoms with Crippen LogP contribution in [0.1, 0.15) is 30.1 Å². The van der Waals surface area contributed by atoms with Crippen molar-refractivity contribution in [3.63, 3.8) is 0 Å². The zero-order valence-electron chi connectivity index (χ0n) is 10.1. The van der Waals surface area contributed by atoms with Crippen LogP contribution < -0.4 is 0 Å². The lowest BCUT2D eigenvalue weighted by atomic mass is 9.88. The maximum atomic E-state index is 9.18. The Kier molecular flexibility index (Phi) is 4.13. The Morgan fingerprint density at radius 2 is 2.29 bits per heavy atom. The lowest BCUT2D eigenvalue weighted by molar-refractivity contribution is -0.0114. The van der Waals surface area contributed by atoms with Gasteiger partial charge in [0, 0.05) is 13.7 Å². The normalized spacial score (nSPS) is 24.2. The van der Waals surface area contributed by atoms with E-state index in [1.165, 1.54) is 0 Å². The van der Waals surface area contributed by atoms with Crippen molar-refractivity contribution in [1.29, 1.82) is 5.26 Å². The maximum absolute atomic E-state index is 9.18. The van der Waals surface area contributed by atoms with Crippen LogP contribution in [0.15, 0.2) is 24.3 Å². The smallest absolute Gasteiger partial charge is 0.0986 e. The van der Waals surface area contributed by atoms with Crippen molar-refractivity contribution in [2.75, 3.05) is 13.7 Å². The van der Waals surface area contributed by atoms with Crippen LogP contribution >= 0.6 is 0 Å². The van der Waals surface area contributed by atoms with E-state index in [0.717, 1.165) is 30.6 Å². The van der Waals surface area contributed by atoms with Crippen LogP contribution in [0.5, 0.6) is 0 Å². The van der Waals surface area contributed by atoms with Gasteiger partial charge in [-0.3, -0.25) is 0 Å². The SMILES string of the molecule is COCc1ccccc1C1OCCCC1C#N. The highest BCUT2D eigenvalue weighted by Crippen LogP contribution is 2.34. The fourth-order valence-electron chi connectivity index (χ4n) is 2.32. The summed E-state index contributed by atoms with van der Waals surface area (Å²) in [4.78, 5) is 0. The van der Waals surface area contributed by atoms with Crippen molar-refractivity contribution in [2.24, 2.45) is 5.92 Å². The first-order chi connectivity index (χ1) is 8.36. The van der Waals surface area contributed by atoms with Crippen molar-refractivity contribution >= 4 is 0 Å². The monoisotopic (exact) mass is 231 g/mol. The average molecular weight is 231 g/mol. The van der Waals surface area contributed by atoms with E-state index in [9.17, 15) is 5.26 Å². The molecule has 0 amide bonds. The second-order valence-corrected chi connectivity index (χ2v) is 4.30. The Bertz CT molecular complexity index is 411. The standard InChI is InChI=1S/C14H17NO2/c1-16-10-12-5-2-3-7-13(12)14-11(9-15)6-4-8-17-14/h2-3,5,7,11,14H,4,6,8,10H2,1H3. The Balaban J connectivity index is 2.28. The fraction of sp³-hybridized carbons (Fsp3) is 0.500. The lowest BCUT2D eigenvalue weighted by Crippen LogP contribution is -2.22. The summed E-state index contributed by atoms with van der Waals surface area (Å²) in [5.41, 5.74) is 2.21. The topological polar surface area (TPSA) is 42.2 Å². The third kappa shape index (κ3) is 2.66. The highest BCUT2D eigenvalue weighted by atomic mass is 16.5. The van der Waals surface area contributed by atoms with Gasteiger partial charge in [-0.25, -0.2) is 0 Å². The van der Waals surface area contributed by atoms with E-state index in [4.69, 9.17) is 9.47 Å². The molecule has 0 aliphatic carbocycles. The van der Waals surface area contributed by atoms with Crippen molar-refractivity contribution in [2.45, 2.75) is 25.6 Å². The highest BCUT2D eigenvalue weighted by molar-refractivity contribution is 5.30. The number of nitrogens with zero attached hydrogens (tertiary/aromatic N) is 1. The van der Waals surface area contributed by atoms with Crippen LogP contribution in [0.2, 0.25) is 0 Å². The van der Waals surface area contributed by atoms with Crippen molar-refractivity contribution < 1.29 is 9.47 Å². The molecule has 2 rings (SSSR count). The second-order valence-electron chi connectivity index (χ2n) is 4.30. The molecular weight excluding hydrogens is 214 g/mol. The first-order valence-electron chi connectivity index (χ1n) is 5.94. The summed E-state index contributed by atoms with van der Waals surface area (Å²) < 4.78 is 11.0. The quantitative estimate of drug-likeness (QED) is 0.803. The van der Waals surface area contributed by atoms with Gasteiger partial charge in [0.1, 0.15) is 0 Å². The van der Waals surface area contributed by atoms with E-state index in [0.29, 0.717) is 6.61 Å². The number of ether oxygens (including phenoxy) is 2. The van der Waals surface area contributed by atoms with Gasteiger partial charge in [0.15, 0.2) is 0 Å². The molecule has 3 heteroatoms. The average Bonchev–Trinajstić information content (AvgIpc) is 2.40. The van der Waals surface area contributed by atoms with E-state index in [2.05, 4.69) is 6.07 Å². The molecule has 2 atom stereocenters. The summed E-state index contributed by atoms with van der Waals surface area (Å²) in [6.45, 7) is 1.30. The molecule has 1 saturated heterocycles. The summed E-state index contributed by atoms with van der Waals surface area (Å²) in [6.07, 6.45) is 1.80. The van der Waals surface area contributed by atoms with Gasteiger partial charge in [0.05, 0.1) is 24.7 Å².